The fraction of sp³-hybridized carbons (Fsp3) is 1.00. The highest BCUT2D eigenvalue weighted by Crippen LogP contribution is 1.75. The molecule has 0 saturated carbocycles. The van der Waals surface area contributed by atoms with Gasteiger partial charge in [-0.1, -0.05) is 0 Å². The first-order valence-corrected chi connectivity index (χ1v) is 5.55. The highest BCUT2D eigenvalue weighted by molar-refractivity contribution is 4.24. The summed E-state index contributed by atoms with van der Waals surface area (Å²) in [5.74, 6) is 0. The van der Waals surface area contributed by atoms with E-state index in [-0.39, 0.29) is 0 Å². The topological polar surface area (TPSA) is 36.9 Å². The van der Waals surface area contributed by atoms with Gasteiger partial charge in [-0.05, 0) is 20.8 Å². The zero-order chi connectivity index (χ0) is 11.8. The van der Waals surface area contributed by atoms with E-state index >= 15 is 0 Å². The van der Waals surface area contributed by atoms with Crippen LogP contribution in [0.4, 0.5) is 0 Å². The molecule has 0 N–H and O–H groups in total. The lowest BCUT2D eigenvalue weighted by Gasteiger charge is -1.99. The average molecular weight is 222 g/mol. The van der Waals surface area contributed by atoms with Crippen molar-refractivity contribution in [3.8, 4) is 0 Å². The third-order valence-electron chi connectivity index (χ3n) is 1.42. The first kappa shape index (κ1) is 17.2. The Labute approximate surface area is 93.8 Å². The van der Waals surface area contributed by atoms with Crippen LogP contribution in [0.1, 0.15) is 20.8 Å². The van der Waals surface area contributed by atoms with E-state index in [4.69, 9.17) is 18.9 Å². The summed E-state index contributed by atoms with van der Waals surface area (Å²) in [6.07, 6.45) is 0. The van der Waals surface area contributed by atoms with Crippen LogP contribution in [0, 0.1) is 0 Å². The third-order valence-corrected chi connectivity index (χ3v) is 1.42. The van der Waals surface area contributed by atoms with Gasteiger partial charge in [0.25, 0.3) is 0 Å². The Kier molecular flexibility index (Phi) is 22.3. The van der Waals surface area contributed by atoms with E-state index in [9.17, 15) is 0 Å². The second-order valence-electron chi connectivity index (χ2n) is 2.58. The Hall–Kier alpha value is -0.160. The number of rotatable bonds is 9. The van der Waals surface area contributed by atoms with Gasteiger partial charge in [-0.15, -0.1) is 0 Å². The number of methoxy groups -OCH3 is 1. The SMILES string of the molecule is CCOCCOC.CCOCCOCC. The molecular formula is C11H26O4. The quantitative estimate of drug-likeness (QED) is 0.557. The van der Waals surface area contributed by atoms with Crippen molar-refractivity contribution in [1.29, 1.82) is 0 Å². The van der Waals surface area contributed by atoms with Crippen molar-refractivity contribution in [2.75, 3.05) is 53.4 Å². The molecule has 0 amide bonds. The highest BCUT2D eigenvalue weighted by Gasteiger charge is 1.81. The predicted octanol–water partition coefficient (Wildman–Crippen LogP) is 1.73. The van der Waals surface area contributed by atoms with Gasteiger partial charge in [0.05, 0.1) is 26.4 Å². The minimum atomic E-state index is 0.702. The predicted molar refractivity (Wildman–Crippen MR) is 61.4 cm³/mol. The molecular weight excluding hydrogens is 196 g/mol. The second kappa shape index (κ2) is 19.4. The lowest BCUT2D eigenvalue weighted by Crippen LogP contribution is -2.02. The maximum Gasteiger partial charge on any atom is 0.0700 e. The number of hydrogen-bond acceptors (Lipinski definition) is 4. The average Bonchev–Trinajstić information content (AvgIpc) is 2.26. The van der Waals surface area contributed by atoms with Gasteiger partial charge in [0.2, 0.25) is 0 Å². The van der Waals surface area contributed by atoms with E-state index in [2.05, 4.69) is 0 Å². The summed E-state index contributed by atoms with van der Waals surface area (Å²) < 4.78 is 19.7. The van der Waals surface area contributed by atoms with Gasteiger partial charge in [-0.3, -0.25) is 0 Å². The molecule has 0 bridgehead atoms. The van der Waals surface area contributed by atoms with Crippen molar-refractivity contribution < 1.29 is 18.9 Å². The minimum absolute atomic E-state index is 0.702. The van der Waals surface area contributed by atoms with Crippen molar-refractivity contribution in [3.63, 3.8) is 0 Å². The normalized spacial score (nSPS) is 9.60. The van der Waals surface area contributed by atoms with Crippen LogP contribution in [0.5, 0.6) is 0 Å². The fourth-order valence-electron chi connectivity index (χ4n) is 0.693. The van der Waals surface area contributed by atoms with Crippen LogP contribution >= 0.6 is 0 Å². The Balaban J connectivity index is 0. The summed E-state index contributed by atoms with van der Waals surface area (Å²) in [6, 6.07) is 0. The number of hydrogen-bond donors (Lipinski definition) is 0. The fourth-order valence-corrected chi connectivity index (χ4v) is 0.693. The van der Waals surface area contributed by atoms with E-state index in [1.165, 1.54) is 0 Å². The molecule has 0 heterocycles. The molecule has 0 aromatic rings. The van der Waals surface area contributed by atoms with Gasteiger partial charge in [0.15, 0.2) is 0 Å². The molecule has 0 aliphatic carbocycles. The maximum absolute atomic E-state index is 5.01. The molecule has 0 saturated heterocycles. The standard InChI is InChI=1S/C6H14O2.C5H12O2/c1-3-7-5-6-8-4-2;1-3-7-5-4-6-2/h3-6H2,1-2H3;3-5H2,1-2H3. The molecule has 94 valence electrons. The van der Waals surface area contributed by atoms with Gasteiger partial charge in [-0.25, -0.2) is 0 Å². The van der Waals surface area contributed by atoms with E-state index in [1.807, 2.05) is 20.8 Å². The molecule has 0 unspecified atom stereocenters. The van der Waals surface area contributed by atoms with Crippen LogP contribution in [0.15, 0.2) is 0 Å². The molecule has 4 nitrogen and oxygen atoms in total. The molecule has 0 spiro atoms. The summed E-state index contributed by atoms with van der Waals surface area (Å²) in [5.41, 5.74) is 0. The Morgan fingerprint density at radius 1 is 0.600 bits per heavy atom. The molecule has 0 aromatic carbocycles. The Morgan fingerprint density at radius 3 is 1.20 bits per heavy atom. The number of ether oxygens (including phenoxy) is 4. The van der Waals surface area contributed by atoms with E-state index < -0.39 is 0 Å². The molecule has 0 fully saturated rings. The Bertz CT molecular complexity index is 78.7. The Morgan fingerprint density at radius 2 is 0.933 bits per heavy atom. The molecule has 4 heteroatoms. The molecule has 15 heavy (non-hydrogen) atoms. The van der Waals surface area contributed by atoms with Crippen LogP contribution in [0.2, 0.25) is 0 Å². The lowest BCUT2D eigenvalue weighted by molar-refractivity contribution is 0.0584. The van der Waals surface area contributed by atoms with Crippen molar-refractivity contribution >= 4 is 0 Å². The van der Waals surface area contributed by atoms with Gasteiger partial charge in [-0.2, -0.15) is 0 Å². The maximum atomic E-state index is 5.01. The minimum Gasteiger partial charge on any atom is -0.382 e. The summed E-state index contributed by atoms with van der Waals surface area (Å²) in [5, 5.41) is 0. The van der Waals surface area contributed by atoms with Crippen LogP contribution < -0.4 is 0 Å². The summed E-state index contributed by atoms with van der Waals surface area (Å²) in [4.78, 5) is 0. The summed E-state index contributed by atoms with van der Waals surface area (Å²) in [7, 11) is 1.67. The van der Waals surface area contributed by atoms with Crippen LogP contribution in [0.25, 0.3) is 0 Å². The first-order chi connectivity index (χ1) is 7.33. The monoisotopic (exact) mass is 222 g/mol. The molecule has 0 aliphatic heterocycles. The van der Waals surface area contributed by atoms with Crippen LogP contribution in [0.3, 0.4) is 0 Å². The van der Waals surface area contributed by atoms with Gasteiger partial charge >= 0.3 is 0 Å². The zero-order valence-electron chi connectivity index (χ0n) is 10.6. The third kappa shape index (κ3) is 24.8. The molecule has 0 rings (SSSR count). The zero-order valence-corrected chi connectivity index (χ0v) is 10.6. The van der Waals surface area contributed by atoms with Crippen molar-refractivity contribution in [3.05, 3.63) is 0 Å². The first-order valence-electron chi connectivity index (χ1n) is 5.55. The van der Waals surface area contributed by atoms with Crippen molar-refractivity contribution in [1.82, 2.24) is 0 Å². The largest absolute Gasteiger partial charge is 0.382 e. The van der Waals surface area contributed by atoms with Crippen LogP contribution in [-0.4, -0.2) is 53.4 Å². The smallest absolute Gasteiger partial charge is 0.0700 e. The van der Waals surface area contributed by atoms with Crippen molar-refractivity contribution in [2.45, 2.75) is 20.8 Å². The summed E-state index contributed by atoms with van der Waals surface area (Å²) >= 11 is 0. The molecule has 0 radical (unpaired) electrons. The van der Waals surface area contributed by atoms with E-state index in [0.29, 0.717) is 13.2 Å². The summed E-state index contributed by atoms with van der Waals surface area (Å²) in [6.45, 7) is 11.1. The lowest BCUT2D eigenvalue weighted by atomic mass is 10.7. The highest BCUT2D eigenvalue weighted by atomic mass is 16.5. The van der Waals surface area contributed by atoms with E-state index in [1.54, 1.807) is 7.11 Å². The van der Waals surface area contributed by atoms with E-state index in [0.717, 1.165) is 33.0 Å². The van der Waals surface area contributed by atoms with Gasteiger partial charge < -0.3 is 18.9 Å². The molecule has 0 aromatic heterocycles. The molecule has 0 atom stereocenters. The van der Waals surface area contributed by atoms with Gasteiger partial charge in [0.1, 0.15) is 0 Å². The van der Waals surface area contributed by atoms with Gasteiger partial charge in [0, 0.05) is 26.9 Å². The van der Waals surface area contributed by atoms with Crippen molar-refractivity contribution in [2.24, 2.45) is 0 Å². The molecule has 0 aliphatic rings. The van der Waals surface area contributed by atoms with Crippen LogP contribution in [-0.2, 0) is 18.9 Å². The second-order valence-corrected chi connectivity index (χ2v) is 2.58.